The number of carbonyl (C=O) groups excluding carboxylic acids is 2. The maximum absolute atomic E-state index is 12.0. The van der Waals surface area contributed by atoms with Gasteiger partial charge in [-0.2, -0.15) is 0 Å². The first kappa shape index (κ1) is 24.4. The van der Waals surface area contributed by atoms with Crippen LogP contribution in [0.3, 0.4) is 0 Å². The zero-order chi connectivity index (χ0) is 22.9. The molecule has 172 valence electrons. The molecule has 0 aliphatic heterocycles. The van der Waals surface area contributed by atoms with Crippen molar-refractivity contribution >= 4 is 40.7 Å². The Morgan fingerprint density at radius 1 is 1.06 bits per heavy atom. The monoisotopic (exact) mass is 476 g/mol. The molecule has 7 heteroatoms. The molecule has 1 saturated carbocycles. The molecule has 5 nitrogen and oxygen atoms in total. The van der Waals surface area contributed by atoms with Gasteiger partial charge in [0.25, 0.3) is 5.91 Å². The van der Waals surface area contributed by atoms with Crippen LogP contribution in [0, 0.1) is 5.92 Å². The molecule has 1 aliphatic carbocycles. The van der Waals surface area contributed by atoms with Crippen LogP contribution in [0.1, 0.15) is 56.9 Å². The Labute approximate surface area is 199 Å². The van der Waals surface area contributed by atoms with Crippen LogP contribution in [0.5, 0.6) is 5.75 Å². The summed E-state index contributed by atoms with van der Waals surface area (Å²) in [7, 11) is 0. The van der Waals surface area contributed by atoms with E-state index in [2.05, 4.69) is 22.8 Å². The van der Waals surface area contributed by atoms with Gasteiger partial charge in [-0.25, -0.2) is 0 Å². The number of halogens is 2. The summed E-state index contributed by atoms with van der Waals surface area (Å²) in [6.45, 7) is 2.14. The van der Waals surface area contributed by atoms with Crippen molar-refractivity contribution in [2.75, 3.05) is 18.5 Å². The Kier molecular flexibility index (Phi) is 9.24. The third-order valence-electron chi connectivity index (χ3n) is 5.84. The van der Waals surface area contributed by atoms with E-state index in [9.17, 15) is 9.59 Å². The van der Waals surface area contributed by atoms with Crippen LogP contribution < -0.4 is 15.4 Å². The number of hydrogen-bond acceptors (Lipinski definition) is 3. The van der Waals surface area contributed by atoms with Gasteiger partial charge in [0.2, 0.25) is 5.91 Å². The van der Waals surface area contributed by atoms with Crippen LogP contribution in [0.4, 0.5) is 5.69 Å². The molecule has 0 heterocycles. The number of anilines is 1. The average Bonchev–Trinajstić information content (AvgIpc) is 3.23. The molecule has 3 rings (SSSR count). The topological polar surface area (TPSA) is 67.4 Å². The molecule has 2 aromatic carbocycles. The van der Waals surface area contributed by atoms with Crippen LogP contribution in [0.2, 0.25) is 10.0 Å². The number of hydrogen-bond donors (Lipinski definition) is 2. The van der Waals surface area contributed by atoms with Crippen molar-refractivity contribution in [3.8, 4) is 5.75 Å². The first-order chi connectivity index (χ1) is 15.4. The number of benzene rings is 2. The van der Waals surface area contributed by atoms with Crippen LogP contribution >= 0.6 is 23.2 Å². The second-order valence-electron chi connectivity index (χ2n) is 8.39. The molecule has 0 radical (unpaired) electrons. The van der Waals surface area contributed by atoms with Gasteiger partial charge in [-0.05, 0) is 67.3 Å². The van der Waals surface area contributed by atoms with E-state index in [0.717, 1.165) is 24.4 Å². The summed E-state index contributed by atoms with van der Waals surface area (Å²) in [6.07, 6.45) is 6.84. The maximum Gasteiger partial charge on any atom is 0.257 e. The zero-order valence-corrected chi connectivity index (χ0v) is 19.8. The largest absolute Gasteiger partial charge is 0.484 e. The minimum atomic E-state index is -0.143. The fourth-order valence-corrected chi connectivity index (χ4v) is 4.55. The van der Waals surface area contributed by atoms with Gasteiger partial charge in [-0.3, -0.25) is 9.59 Å². The van der Waals surface area contributed by atoms with Gasteiger partial charge in [-0.15, -0.1) is 0 Å². The summed E-state index contributed by atoms with van der Waals surface area (Å²) >= 11 is 11.8. The molecule has 1 fully saturated rings. The second kappa shape index (κ2) is 12.1. The van der Waals surface area contributed by atoms with E-state index in [0.29, 0.717) is 28.3 Å². The fraction of sp³-hybridized carbons (Fsp3) is 0.440. The molecule has 0 aromatic heterocycles. The summed E-state index contributed by atoms with van der Waals surface area (Å²) in [5, 5.41) is 6.63. The average molecular weight is 477 g/mol. The minimum Gasteiger partial charge on any atom is -0.484 e. The van der Waals surface area contributed by atoms with Crippen LogP contribution in [0.25, 0.3) is 0 Å². The molecule has 0 spiro atoms. The van der Waals surface area contributed by atoms with E-state index in [4.69, 9.17) is 27.9 Å². The predicted octanol–water partition coefficient (Wildman–Crippen LogP) is 6.20. The van der Waals surface area contributed by atoms with E-state index in [-0.39, 0.29) is 18.4 Å². The predicted molar refractivity (Wildman–Crippen MR) is 130 cm³/mol. The van der Waals surface area contributed by atoms with E-state index >= 15 is 0 Å². The van der Waals surface area contributed by atoms with Gasteiger partial charge in [-0.1, -0.05) is 48.2 Å². The molecule has 1 aliphatic rings. The molecular weight excluding hydrogens is 447 g/mol. The van der Waals surface area contributed by atoms with E-state index < -0.39 is 0 Å². The summed E-state index contributed by atoms with van der Waals surface area (Å²) in [6, 6.07) is 13.1. The summed E-state index contributed by atoms with van der Waals surface area (Å²) in [5.41, 5.74) is 2.19. The normalized spacial score (nSPS) is 17.7. The Balaban J connectivity index is 1.30. The van der Waals surface area contributed by atoms with Crippen molar-refractivity contribution in [2.24, 2.45) is 5.92 Å². The lowest BCUT2D eigenvalue weighted by molar-refractivity contribution is -0.123. The number of unbranched alkanes of at least 4 members (excludes halogenated alkanes) is 1. The first-order valence-corrected chi connectivity index (χ1v) is 11.9. The zero-order valence-electron chi connectivity index (χ0n) is 18.3. The molecule has 0 bridgehead atoms. The highest BCUT2D eigenvalue weighted by Crippen LogP contribution is 2.41. The minimum absolute atomic E-state index is 0.0418. The lowest BCUT2D eigenvalue weighted by Gasteiger charge is -2.13. The maximum atomic E-state index is 12.0. The summed E-state index contributed by atoms with van der Waals surface area (Å²) in [4.78, 5) is 23.2. The van der Waals surface area contributed by atoms with Gasteiger partial charge in [0, 0.05) is 25.2 Å². The van der Waals surface area contributed by atoms with E-state index in [1.54, 1.807) is 18.2 Å². The Bertz CT molecular complexity index is 935. The van der Waals surface area contributed by atoms with Gasteiger partial charge < -0.3 is 15.4 Å². The first-order valence-electron chi connectivity index (χ1n) is 11.1. The highest BCUT2D eigenvalue weighted by molar-refractivity contribution is 6.42. The Hall–Kier alpha value is -2.24. The van der Waals surface area contributed by atoms with Gasteiger partial charge in [0.1, 0.15) is 5.75 Å². The highest BCUT2D eigenvalue weighted by Gasteiger charge is 2.25. The number of nitrogens with one attached hydrogen (secondary N) is 2. The smallest absolute Gasteiger partial charge is 0.257 e. The molecule has 2 aromatic rings. The standard InChI is InChI=1S/C25H30Cl2N2O3/c1-17(30)29-21-7-4-6-19(14-21)20-9-8-18(13-20)5-2-3-12-28-25(31)16-32-22-10-11-23(26)24(27)15-22/h4,6-7,10-11,14-15,18,20H,2-3,5,8-9,12-13,16H2,1H3,(H,28,31)(H,29,30). The Morgan fingerprint density at radius 3 is 2.69 bits per heavy atom. The van der Waals surface area contributed by atoms with Crippen molar-refractivity contribution in [1.29, 1.82) is 0 Å². The highest BCUT2D eigenvalue weighted by atomic mass is 35.5. The number of rotatable bonds is 10. The van der Waals surface area contributed by atoms with Gasteiger partial charge >= 0.3 is 0 Å². The van der Waals surface area contributed by atoms with Crippen LogP contribution in [-0.2, 0) is 9.59 Å². The second-order valence-corrected chi connectivity index (χ2v) is 9.21. The molecule has 32 heavy (non-hydrogen) atoms. The number of amides is 2. The number of ether oxygens (including phenoxy) is 1. The van der Waals surface area contributed by atoms with Crippen molar-refractivity contribution < 1.29 is 14.3 Å². The SMILES string of the molecule is CC(=O)Nc1cccc(C2CCC(CCCCNC(=O)COc3ccc(Cl)c(Cl)c3)C2)c1. The van der Waals surface area contributed by atoms with Crippen molar-refractivity contribution in [1.82, 2.24) is 5.32 Å². The lowest BCUT2D eigenvalue weighted by Crippen LogP contribution is -2.29. The lowest BCUT2D eigenvalue weighted by atomic mass is 9.94. The van der Waals surface area contributed by atoms with E-state index in [1.807, 2.05) is 12.1 Å². The molecule has 2 atom stereocenters. The van der Waals surface area contributed by atoms with Gasteiger partial charge in [0.15, 0.2) is 6.61 Å². The molecular formula is C25H30Cl2N2O3. The fourth-order valence-electron chi connectivity index (χ4n) is 4.27. The number of carbonyl (C=O) groups is 2. The Morgan fingerprint density at radius 2 is 1.91 bits per heavy atom. The molecule has 2 N–H and O–H groups in total. The molecule has 2 unspecified atom stereocenters. The van der Waals surface area contributed by atoms with Crippen LogP contribution in [-0.4, -0.2) is 25.0 Å². The van der Waals surface area contributed by atoms with Crippen molar-refractivity contribution in [3.63, 3.8) is 0 Å². The molecule has 0 saturated heterocycles. The van der Waals surface area contributed by atoms with Crippen molar-refractivity contribution in [3.05, 3.63) is 58.1 Å². The summed E-state index contributed by atoms with van der Waals surface area (Å²) < 4.78 is 5.45. The third-order valence-corrected chi connectivity index (χ3v) is 6.58. The quantitative estimate of drug-likeness (QED) is 0.401. The summed E-state index contributed by atoms with van der Waals surface area (Å²) in [5.74, 6) is 1.62. The van der Waals surface area contributed by atoms with Crippen LogP contribution in [0.15, 0.2) is 42.5 Å². The van der Waals surface area contributed by atoms with E-state index in [1.165, 1.54) is 38.2 Å². The van der Waals surface area contributed by atoms with Crippen molar-refractivity contribution in [2.45, 2.75) is 51.4 Å². The van der Waals surface area contributed by atoms with Gasteiger partial charge in [0.05, 0.1) is 10.0 Å². The molecule has 2 amide bonds. The third kappa shape index (κ3) is 7.72.